The van der Waals surface area contributed by atoms with Gasteiger partial charge in [-0.1, -0.05) is 0 Å². The lowest BCUT2D eigenvalue weighted by Crippen LogP contribution is -2.09. The summed E-state index contributed by atoms with van der Waals surface area (Å²) in [4.78, 5) is 19.4. The second kappa shape index (κ2) is 5.85. The summed E-state index contributed by atoms with van der Waals surface area (Å²) < 4.78 is 38.6. The lowest BCUT2D eigenvalue weighted by atomic mass is 10.1. The van der Waals surface area contributed by atoms with Gasteiger partial charge < -0.3 is 0 Å². The summed E-state index contributed by atoms with van der Waals surface area (Å²) in [5.41, 5.74) is 0.149. The van der Waals surface area contributed by atoms with Gasteiger partial charge in [-0.15, -0.1) is 0 Å². The Labute approximate surface area is 123 Å². The summed E-state index contributed by atoms with van der Waals surface area (Å²) in [5.74, 6) is 0. The Morgan fingerprint density at radius 2 is 1.71 bits per heavy atom. The number of aldehydes is 1. The standard InChI is InChI=1S/C14H11F3N2OS/c1-8-5-9(2)19-13(18-8)21-11-4-3-10(7-20)12(6-11)14(15,16)17/h3-7H,1-2H3. The number of carbonyl (C=O) groups excluding carboxylic acids is 1. The molecule has 0 saturated carbocycles. The van der Waals surface area contributed by atoms with Gasteiger partial charge >= 0.3 is 6.18 Å². The highest BCUT2D eigenvalue weighted by Gasteiger charge is 2.33. The minimum atomic E-state index is -4.57. The Bertz CT molecular complexity index is 666. The molecule has 1 aromatic carbocycles. The maximum Gasteiger partial charge on any atom is 0.417 e. The fourth-order valence-electron chi connectivity index (χ4n) is 1.79. The summed E-state index contributed by atoms with van der Waals surface area (Å²) in [7, 11) is 0. The number of rotatable bonds is 3. The number of halogens is 3. The van der Waals surface area contributed by atoms with Crippen LogP contribution in [0.4, 0.5) is 13.2 Å². The molecule has 0 aliphatic carbocycles. The lowest BCUT2D eigenvalue weighted by Gasteiger charge is -2.11. The summed E-state index contributed by atoms with van der Waals surface area (Å²) in [5, 5.41) is 0.375. The molecule has 0 unspecified atom stereocenters. The summed E-state index contributed by atoms with van der Waals surface area (Å²) in [6.45, 7) is 3.57. The third-order valence-electron chi connectivity index (χ3n) is 2.63. The normalized spacial score (nSPS) is 11.5. The zero-order valence-corrected chi connectivity index (χ0v) is 12.0. The molecule has 0 atom stereocenters. The smallest absolute Gasteiger partial charge is 0.298 e. The molecular formula is C14H11F3N2OS. The number of hydrogen-bond acceptors (Lipinski definition) is 4. The number of hydrogen-bond donors (Lipinski definition) is 0. The SMILES string of the molecule is Cc1cc(C)nc(Sc2ccc(C=O)c(C(F)(F)F)c2)n1. The second-order valence-electron chi connectivity index (χ2n) is 4.40. The second-order valence-corrected chi connectivity index (χ2v) is 5.44. The first kappa shape index (κ1) is 15.5. The molecule has 0 amide bonds. The van der Waals surface area contributed by atoms with Gasteiger partial charge in [-0.05, 0) is 49.9 Å². The Hall–Kier alpha value is -1.89. The van der Waals surface area contributed by atoms with Crippen molar-refractivity contribution in [2.24, 2.45) is 0 Å². The van der Waals surface area contributed by atoms with Crippen LogP contribution in [0.2, 0.25) is 0 Å². The van der Waals surface area contributed by atoms with Gasteiger partial charge in [-0.3, -0.25) is 4.79 Å². The van der Waals surface area contributed by atoms with E-state index in [1.165, 1.54) is 6.07 Å². The molecule has 3 nitrogen and oxygen atoms in total. The van der Waals surface area contributed by atoms with Crippen molar-refractivity contribution in [2.75, 3.05) is 0 Å². The van der Waals surface area contributed by atoms with E-state index in [-0.39, 0.29) is 11.8 Å². The van der Waals surface area contributed by atoms with Crippen LogP contribution in [0.5, 0.6) is 0 Å². The molecule has 0 spiro atoms. The molecule has 110 valence electrons. The van der Waals surface area contributed by atoms with Gasteiger partial charge in [0, 0.05) is 21.8 Å². The molecule has 2 aromatic rings. The van der Waals surface area contributed by atoms with Gasteiger partial charge in [0.05, 0.1) is 5.56 Å². The molecule has 21 heavy (non-hydrogen) atoms. The maximum atomic E-state index is 12.9. The summed E-state index contributed by atoms with van der Waals surface area (Å²) in [6, 6.07) is 5.32. The zero-order chi connectivity index (χ0) is 15.6. The van der Waals surface area contributed by atoms with Crippen LogP contribution in [0, 0.1) is 13.8 Å². The monoisotopic (exact) mass is 312 g/mol. The van der Waals surface area contributed by atoms with Crippen molar-refractivity contribution >= 4 is 18.0 Å². The average molecular weight is 312 g/mol. The van der Waals surface area contributed by atoms with E-state index in [2.05, 4.69) is 9.97 Å². The van der Waals surface area contributed by atoms with E-state index < -0.39 is 11.7 Å². The maximum absolute atomic E-state index is 12.9. The van der Waals surface area contributed by atoms with E-state index in [4.69, 9.17) is 0 Å². The van der Waals surface area contributed by atoms with Crippen LogP contribution in [-0.4, -0.2) is 16.3 Å². The van der Waals surface area contributed by atoms with Crippen LogP contribution >= 0.6 is 11.8 Å². The lowest BCUT2D eigenvalue weighted by molar-refractivity contribution is -0.138. The van der Waals surface area contributed by atoms with E-state index in [1.54, 1.807) is 19.9 Å². The molecule has 7 heteroatoms. The molecule has 0 aliphatic rings. The number of alkyl halides is 3. The molecule has 0 fully saturated rings. The highest BCUT2D eigenvalue weighted by Crippen LogP contribution is 2.35. The fraction of sp³-hybridized carbons (Fsp3) is 0.214. The fourth-order valence-corrected chi connectivity index (χ4v) is 2.69. The first-order chi connectivity index (χ1) is 9.79. The van der Waals surface area contributed by atoms with Crippen molar-refractivity contribution in [1.29, 1.82) is 0 Å². The van der Waals surface area contributed by atoms with Gasteiger partial charge in [-0.25, -0.2) is 9.97 Å². The molecule has 1 aromatic heterocycles. The van der Waals surface area contributed by atoms with E-state index in [0.717, 1.165) is 35.3 Å². The zero-order valence-electron chi connectivity index (χ0n) is 11.2. The Kier molecular flexibility index (Phi) is 4.32. The molecule has 0 N–H and O–H groups in total. The van der Waals surface area contributed by atoms with Crippen LogP contribution < -0.4 is 0 Å². The molecule has 2 rings (SSSR count). The van der Waals surface area contributed by atoms with E-state index >= 15 is 0 Å². The Morgan fingerprint density at radius 3 is 2.24 bits per heavy atom. The van der Waals surface area contributed by atoms with Gasteiger partial charge in [-0.2, -0.15) is 13.2 Å². The summed E-state index contributed by atoms with van der Waals surface area (Å²) in [6.07, 6.45) is -4.37. The number of nitrogens with zero attached hydrogens (tertiary/aromatic N) is 2. The van der Waals surface area contributed by atoms with Crippen molar-refractivity contribution in [3.8, 4) is 0 Å². The number of carbonyl (C=O) groups is 1. The molecule has 0 bridgehead atoms. The minimum absolute atomic E-state index is 0.199. The van der Waals surface area contributed by atoms with Crippen LogP contribution in [-0.2, 0) is 6.18 Å². The van der Waals surface area contributed by atoms with Crippen LogP contribution in [0.15, 0.2) is 34.3 Å². The molecule has 0 radical (unpaired) electrons. The topological polar surface area (TPSA) is 42.9 Å². The van der Waals surface area contributed by atoms with Crippen molar-refractivity contribution in [3.05, 3.63) is 46.8 Å². The van der Waals surface area contributed by atoms with Gasteiger partial charge in [0.2, 0.25) is 0 Å². The highest BCUT2D eigenvalue weighted by molar-refractivity contribution is 7.99. The molecule has 0 aliphatic heterocycles. The van der Waals surface area contributed by atoms with Gasteiger partial charge in [0.15, 0.2) is 11.4 Å². The average Bonchev–Trinajstić information content (AvgIpc) is 2.36. The van der Waals surface area contributed by atoms with Gasteiger partial charge in [0.1, 0.15) is 0 Å². The number of benzene rings is 1. The predicted octanol–water partition coefficient (Wildman–Crippen LogP) is 4.08. The van der Waals surface area contributed by atoms with E-state index in [9.17, 15) is 18.0 Å². The third kappa shape index (κ3) is 3.81. The minimum Gasteiger partial charge on any atom is -0.298 e. The van der Waals surface area contributed by atoms with Gasteiger partial charge in [0.25, 0.3) is 0 Å². The van der Waals surface area contributed by atoms with Crippen molar-refractivity contribution in [1.82, 2.24) is 9.97 Å². The van der Waals surface area contributed by atoms with Crippen molar-refractivity contribution < 1.29 is 18.0 Å². The third-order valence-corrected chi connectivity index (χ3v) is 3.48. The number of aromatic nitrogens is 2. The Balaban J connectivity index is 2.39. The number of aryl methyl sites for hydroxylation is 2. The van der Waals surface area contributed by atoms with Crippen LogP contribution in [0.25, 0.3) is 0 Å². The Morgan fingerprint density at radius 1 is 1.10 bits per heavy atom. The predicted molar refractivity (Wildman–Crippen MR) is 72.5 cm³/mol. The van der Waals surface area contributed by atoms with E-state index in [0.29, 0.717) is 10.1 Å². The van der Waals surface area contributed by atoms with Crippen molar-refractivity contribution in [2.45, 2.75) is 30.1 Å². The molecular weight excluding hydrogens is 301 g/mol. The van der Waals surface area contributed by atoms with E-state index in [1.807, 2.05) is 0 Å². The highest BCUT2D eigenvalue weighted by atomic mass is 32.2. The largest absolute Gasteiger partial charge is 0.417 e. The first-order valence-electron chi connectivity index (χ1n) is 5.96. The van der Waals surface area contributed by atoms with Crippen LogP contribution in [0.1, 0.15) is 27.3 Å². The molecule has 1 heterocycles. The quantitative estimate of drug-likeness (QED) is 0.633. The molecule has 0 saturated heterocycles. The summed E-state index contributed by atoms with van der Waals surface area (Å²) >= 11 is 1.03. The van der Waals surface area contributed by atoms with Crippen molar-refractivity contribution in [3.63, 3.8) is 0 Å². The first-order valence-corrected chi connectivity index (χ1v) is 6.78. The van der Waals surface area contributed by atoms with Crippen LogP contribution in [0.3, 0.4) is 0 Å².